The molecule has 3 fully saturated rings. The van der Waals surface area contributed by atoms with Gasteiger partial charge in [-0.25, -0.2) is 0 Å². The molecule has 1 N–H and O–H groups in total. The predicted octanol–water partition coefficient (Wildman–Crippen LogP) is 3.10. The van der Waals surface area contributed by atoms with E-state index < -0.39 is 6.04 Å². The lowest BCUT2D eigenvalue weighted by molar-refractivity contribution is -0.146. The Morgan fingerprint density at radius 3 is 2.27 bits per heavy atom. The van der Waals surface area contributed by atoms with E-state index in [1.807, 2.05) is 25.1 Å². The van der Waals surface area contributed by atoms with Gasteiger partial charge in [0.05, 0.1) is 11.8 Å². The summed E-state index contributed by atoms with van der Waals surface area (Å²) in [5.74, 6) is -0.993. The largest absolute Gasteiger partial charge is 0.324 e. The van der Waals surface area contributed by atoms with E-state index in [1.54, 1.807) is 13.0 Å². The molecule has 1 heterocycles. The van der Waals surface area contributed by atoms with E-state index in [9.17, 15) is 14.4 Å². The molecule has 2 aliphatic carbocycles. The van der Waals surface area contributed by atoms with Gasteiger partial charge in [-0.05, 0) is 49.8 Å². The first-order valence-corrected chi connectivity index (χ1v) is 10.7. The average Bonchev–Trinajstić information content (AvgIpc) is 3.19. The number of halogens is 2. The molecule has 1 saturated heterocycles. The van der Waals surface area contributed by atoms with Gasteiger partial charge in [0.15, 0.2) is 0 Å². The molecule has 7 atom stereocenters. The maximum Gasteiger partial charge on any atom is 0.247 e. The number of nitrogens with zero attached hydrogens (tertiary/aromatic N) is 1. The van der Waals surface area contributed by atoms with Gasteiger partial charge >= 0.3 is 0 Å². The van der Waals surface area contributed by atoms with Gasteiger partial charge < -0.3 is 5.32 Å². The first-order chi connectivity index (χ1) is 12.3. The number of hydrogen-bond donors (Lipinski definition) is 1. The van der Waals surface area contributed by atoms with Crippen LogP contribution in [0, 0.1) is 30.6 Å². The Labute approximate surface area is 169 Å². The van der Waals surface area contributed by atoms with Crippen molar-refractivity contribution >= 4 is 55.3 Å². The van der Waals surface area contributed by atoms with Gasteiger partial charge in [0.25, 0.3) is 0 Å². The van der Waals surface area contributed by atoms with Gasteiger partial charge in [0.1, 0.15) is 6.04 Å². The molecule has 0 radical (unpaired) electrons. The van der Waals surface area contributed by atoms with Crippen molar-refractivity contribution in [3.05, 3.63) is 29.8 Å². The standard InChI is InChI=1S/C19H20Br2N2O3/c1-8-4-3-5-10(6-8)22-17(24)9(2)23-18(25)13-11-7-12(14(13)19(23)26)16(21)15(11)20/h3-6,9,11-16H,7H2,1-2H3,(H,22,24)/t9-,11+,12+,13+,14+,15-,16+/m1/s1. The molecule has 26 heavy (non-hydrogen) atoms. The lowest BCUT2D eigenvalue weighted by atomic mass is 9.81. The number of carbonyl (C=O) groups is 3. The van der Waals surface area contributed by atoms with Crippen molar-refractivity contribution in [3.63, 3.8) is 0 Å². The summed E-state index contributed by atoms with van der Waals surface area (Å²) < 4.78 is 0. The highest BCUT2D eigenvalue weighted by Gasteiger charge is 2.67. The number of fused-ring (bicyclic) bond motifs is 5. The van der Waals surface area contributed by atoms with Crippen molar-refractivity contribution in [2.45, 2.75) is 36.0 Å². The highest BCUT2D eigenvalue weighted by molar-refractivity contribution is 9.12. The summed E-state index contributed by atoms with van der Waals surface area (Å²) in [7, 11) is 0. The molecular formula is C19H20Br2N2O3. The number of anilines is 1. The van der Waals surface area contributed by atoms with E-state index in [0.29, 0.717) is 5.69 Å². The Balaban J connectivity index is 1.54. The number of amides is 3. The fourth-order valence-electron chi connectivity index (χ4n) is 4.84. The zero-order valence-corrected chi connectivity index (χ0v) is 17.7. The van der Waals surface area contributed by atoms with Crippen molar-refractivity contribution in [3.8, 4) is 0 Å². The number of alkyl halides is 2. The average molecular weight is 484 g/mol. The van der Waals surface area contributed by atoms with E-state index in [2.05, 4.69) is 37.2 Å². The summed E-state index contributed by atoms with van der Waals surface area (Å²) in [4.78, 5) is 40.2. The minimum absolute atomic E-state index is 0.155. The highest BCUT2D eigenvalue weighted by Crippen LogP contribution is 2.60. The number of carbonyl (C=O) groups excluding carboxylic acids is 3. The highest BCUT2D eigenvalue weighted by atomic mass is 79.9. The number of benzene rings is 1. The van der Waals surface area contributed by atoms with Crippen LogP contribution in [0.25, 0.3) is 0 Å². The van der Waals surface area contributed by atoms with Gasteiger partial charge in [-0.15, -0.1) is 0 Å². The van der Waals surface area contributed by atoms with Crippen molar-refractivity contribution in [1.82, 2.24) is 4.90 Å². The molecule has 0 spiro atoms. The summed E-state index contributed by atoms with van der Waals surface area (Å²) in [6.07, 6.45) is 0.885. The van der Waals surface area contributed by atoms with E-state index in [-0.39, 0.29) is 51.0 Å². The SMILES string of the molecule is Cc1cccc(NC(=O)[C@@H](C)N2C(=O)[C@H]3[C@@H]4C[C@H]([C@@H](Br)[C@H]4Br)[C@@H]3C2=O)c1. The number of hydrogen-bond acceptors (Lipinski definition) is 3. The maximum absolute atomic E-state index is 13.0. The third kappa shape index (κ3) is 2.58. The van der Waals surface area contributed by atoms with Crippen LogP contribution in [0.15, 0.2) is 24.3 Å². The van der Waals surface area contributed by atoms with E-state index in [1.165, 1.54) is 4.90 Å². The van der Waals surface area contributed by atoms with Crippen molar-refractivity contribution in [2.24, 2.45) is 23.7 Å². The Morgan fingerprint density at radius 2 is 1.73 bits per heavy atom. The van der Waals surface area contributed by atoms with Crippen LogP contribution in [0.5, 0.6) is 0 Å². The second kappa shape index (κ2) is 6.44. The van der Waals surface area contributed by atoms with Crippen molar-refractivity contribution < 1.29 is 14.4 Å². The van der Waals surface area contributed by atoms with Crippen molar-refractivity contribution in [1.29, 1.82) is 0 Å². The third-order valence-corrected chi connectivity index (χ3v) is 9.28. The van der Waals surface area contributed by atoms with E-state index in [0.717, 1.165) is 12.0 Å². The van der Waals surface area contributed by atoms with E-state index in [4.69, 9.17) is 0 Å². The smallest absolute Gasteiger partial charge is 0.247 e. The zero-order valence-electron chi connectivity index (χ0n) is 14.5. The van der Waals surface area contributed by atoms with E-state index >= 15 is 0 Å². The minimum Gasteiger partial charge on any atom is -0.324 e. The van der Waals surface area contributed by atoms with Gasteiger partial charge in [0.2, 0.25) is 17.7 Å². The van der Waals surface area contributed by atoms with Crippen LogP contribution in [0.3, 0.4) is 0 Å². The molecule has 4 rings (SSSR count). The maximum atomic E-state index is 13.0. The summed E-state index contributed by atoms with van der Waals surface area (Å²) in [5, 5.41) is 2.82. The molecule has 0 aromatic heterocycles. The molecule has 3 amide bonds. The van der Waals surface area contributed by atoms with Crippen LogP contribution in [-0.4, -0.2) is 38.3 Å². The van der Waals surface area contributed by atoms with Crippen LogP contribution in [0.2, 0.25) is 0 Å². The molecule has 5 nitrogen and oxygen atoms in total. The molecule has 2 bridgehead atoms. The van der Waals surface area contributed by atoms with Crippen LogP contribution < -0.4 is 5.32 Å². The lowest BCUT2D eigenvalue weighted by Crippen LogP contribution is -2.46. The Hall–Kier alpha value is -1.21. The number of likely N-dealkylation sites (tertiary alicyclic amines) is 1. The predicted molar refractivity (Wildman–Crippen MR) is 105 cm³/mol. The molecule has 1 aliphatic heterocycles. The second-order valence-corrected chi connectivity index (χ2v) is 9.70. The molecule has 1 aromatic carbocycles. The first-order valence-electron chi connectivity index (χ1n) is 8.84. The zero-order chi connectivity index (χ0) is 18.7. The Kier molecular flexibility index (Phi) is 4.50. The van der Waals surface area contributed by atoms with Crippen LogP contribution in [0.1, 0.15) is 18.9 Å². The Bertz CT molecular complexity index is 767. The van der Waals surface area contributed by atoms with Gasteiger partial charge in [0, 0.05) is 15.3 Å². The van der Waals surface area contributed by atoms with Crippen LogP contribution >= 0.6 is 31.9 Å². The number of nitrogens with one attached hydrogen (secondary N) is 1. The van der Waals surface area contributed by atoms with Crippen LogP contribution in [0.4, 0.5) is 5.69 Å². The molecule has 1 aromatic rings. The summed E-state index contributed by atoms with van der Waals surface area (Å²) >= 11 is 7.35. The quantitative estimate of drug-likeness (QED) is 0.530. The van der Waals surface area contributed by atoms with Crippen LogP contribution in [-0.2, 0) is 14.4 Å². The summed E-state index contributed by atoms with van der Waals surface area (Å²) in [5.41, 5.74) is 1.70. The summed E-state index contributed by atoms with van der Waals surface area (Å²) in [6, 6.07) is 6.64. The monoisotopic (exact) mass is 482 g/mol. The van der Waals surface area contributed by atoms with Gasteiger partial charge in [-0.2, -0.15) is 0 Å². The molecular weight excluding hydrogens is 464 g/mol. The van der Waals surface area contributed by atoms with Gasteiger partial charge in [-0.3, -0.25) is 19.3 Å². The second-order valence-electron chi connectivity index (χ2n) is 7.59. The number of rotatable bonds is 3. The lowest BCUT2D eigenvalue weighted by Gasteiger charge is -2.28. The molecule has 3 aliphatic rings. The number of imide groups is 1. The fraction of sp³-hybridized carbons (Fsp3) is 0.526. The third-order valence-electron chi connectivity index (χ3n) is 6.07. The van der Waals surface area contributed by atoms with Crippen molar-refractivity contribution in [2.75, 3.05) is 5.32 Å². The molecule has 2 saturated carbocycles. The number of aryl methyl sites for hydroxylation is 1. The topological polar surface area (TPSA) is 66.5 Å². The summed E-state index contributed by atoms with van der Waals surface area (Å²) in [6.45, 7) is 3.57. The normalized spacial score (nSPS) is 36.4. The first kappa shape index (κ1) is 18.2. The molecule has 7 heteroatoms. The fourth-order valence-corrected chi connectivity index (χ4v) is 6.71. The molecule has 138 valence electrons. The van der Waals surface area contributed by atoms with Gasteiger partial charge in [-0.1, -0.05) is 44.0 Å². The molecule has 0 unspecified atom stereocenters. The Morgan fingerprint density at radius 1 is 1.15 bits per heavy atom. The minimum atomic E-state index is -0.817.